The monoisotopic (exact) mass is 304 g/mol. The number of rotatable bonds is 3. The van der Waals surface area contributed by atoms with Gasteiger partial charge in [-0.1, -0.05) is 0 Å². The number of nitrogens with zero attached hydrogens (tertiary/aromatic N) is 3. The van der Waals surface area contributed by atoms with Crippen LogP contribution in [-0.2, 0) is 13.0 Å². The number of nitrogens with one attached hydrogen (secondary N) is 1. The Morgan fingerprint density at radius 3 is 3.19 bits per heavy atom. The number of aryl methyl sites for hydroxylation is 2. The Bertz CT molecular complexity index is 633. The molecule has 0 aromatic carbocycles. The predicted octanol–water partition coefficient (Wildman–Crippen LogP) is 2.98. The molecule has 1 unspecified atom stereocenters. The average molecular weight is 304 g/mol. The summed E-state index contributed by atoms with van der Waals surface area (Å²) in [6.07, 6.45) is 5.96. The van der Waals surface area contributed by atoms with Gasteiger partial charge in [-0.2, -0.15) is 0 Å². The van der Waals surface area contributed by atoms with Crippen LogP contribution in [-0.4, -0.2) is 34.1 Å². The lowest BCUT2D eigenvalue weighted by atomic mass is 9.99. The summed E-state index contributed by atoms with van der Waals surface area (Å²) < 4.78 is 2.20. The second-order valence-corrected chi connectivity index (χ2v) is 6.42. The van der Waals surface area contributed by atoms with E-state index in [4.69, 9.17) is 0 Å². The van der Waals surface area contributed by atoms with Crippen LogP contribution in [0.3, 0.4) is 0 Å². The van der Waals surface area contributed by atoms with Gasteiger partial charge in [-0.15, -0.1) is 11.3 Å². The SMILES string of the molecule is Cc1cscc1NC(=O)N(C)CC1CCc2nccn2C1. The van der Waals surface area contributed by atoms with E-state index < -0.39 is 0 Å². The molecule has 2 aromatic heterocycles. The number of amides is 2. The number of carbonyl (C=O) groups is 1. The average Bonchev–Trinajstić information content (AvgIpc) is 3.07. The molecule has 0 bridgehead atoms. The summed E-state index contributed by atoms with van der Waals surface area (Å²) in [5.41, 5.74) is 2.03. The minimum absolute atomic E-state index is 0.0343. The van der Waals surface area contributed by atoms with E-state index in [0.29, 0.717) is 5.92 Å². The first kappa shape index (κ1) is 14.1. The molecule has 0 saturated carbocycles. The van der Waals surface area contributed by atoms with Crippen molar-refractivity contribution in [3.8, 4) is 0 Å². The molecule has 2 aromatic rings. The number of aromatic nitrogens is 2. The molecule has 0 fully saturated rings. The standard InChI is InChI=1S/C15H20N4OS/c1-11-9-21-10-13(11)17-15(20)18(2)7-12-3-4-14-16-5-6-19(14)8-12/h5-6,9-10,12H,3-4,7-8H2,1-2H3,(H,17,20). The molecule has 2 amide bonds. The predicted molar refractivity (Wildman–Crippen MR) is 84.7 cm³/mol. The third-order valence-electron chi connectivity index (χ3n) is 4.01. The second-order valence-electron chi connectivity index (χ2n) is 5.68. The molecule has 0 spiro atoms. The van der Waals surface area contributed by atoms with Crippen LogP contribution in [0, 0.1) is 12.8 Å². The molecule has 5 nitrogen and oxygen atoms in total. The first-order valence-electron chi connectivity index (χ1n) is 7.18. The summed E-state index contributed by atoms with van der Waals surface area (Å²) in [5.74, 6) is 1.65. The van der Waals surface area contributed by atoms with Gasteiger partial charge in [0.25, 0.3) is 0 Å². The number of hydrogen-bond donors (Lipinski definition) is 1. The quantitative estimate of drug-likeness (QED) is 0.947. The first-order chi connectivity index (χ1) is 10.1. The fraction of sp³-hybridized carbons (Fsp3) is 0.467. The van der Waals surface area contributed by atoms with E-state index in [1.807, 2.05) is 37.1 Å². The van der Waals surface area contributed by atoms with Crippen molar-refractivity contribution in [3.05, 3.63) is 34.5 Å². The molecule has 1 N–H and O–H groups in total. The Balaban J connectivity index is 1.56. The van der Waals surface area contributed by atoms with E-state index in [0.717, 1.165) is 43.0 Å². The molecular weight excluding hydrogens is 284 g/mol. The van der Waals surface area contributed by atoms with Crippen LogP contribution in [0.25, 0.3) is 0 Å². The van der Waals surface area contributed by atoms with Gasteiger partial charge in [-0.3, -0.25) is 0 Å². The zero-order chi connectivity index (χ0) is 14.8. The molecule has 3 rings (SSSR count). The number of thiophene rings is 1. The molecular formula is C15H20N4OS. The highest BCUT2D eigenvalue weighted by atomic mass is 32.1. The van der Waals surface area contributed by atoms with Gasteiger partial charge >= 0.3 is 6.03 Å². The summed E-state index contributed by atoms with van der Waals surface area (Å²) in [7, 11) is 1.86. The maximum atomic E-state index is 12.2. The van der Waals surface area contributed by atoms with Gasteiger partial charge in [-0.05, 0) is 30.2 Å². The Labute approximate surface area is 128 Å². The third kappa shape index (κ3) is 3.10. The molecule has 6 heteroatoms. The van der Waals surface area contributed by atoms with Crippen LogP contribution in [0.5, 0.6) is 0 Å². The number of carbonyl (C=O) groups excluding carboxylic acids is 1. The van der Waals surface area contributed by atoms with E-state index in [1.54, 1.807) is 16.2 Å². The number of urea groups is 1. The molecule has 21 heavy (non-hydrogen) atoms. The minimum atomic E-state index is -0.0343. The fourth-order valence-corrected chi connectivity index (χ4v) is 3.54. The van der Waals surface area contributed by atoms with Crippen LogP contribution < -0.4 is 5.32 Å². The highest BCUT2D eigenvalue weighted by Crippen LogP contribution is 2.21. The van der Waals surface area contributed by atoms with Crippen LogP contribution in [0.15, 0.2) is 23.2 Å². The molecule has 0 saturated heterocycles. The van der Waals surface area contributed by atoms with Gasteiger partial charge in [0.15, 0.2) is 0 Å². The van der Waals surface area contributed by atoms with Crippen molar-refractivity contribution in [1.82, 2.24) is 14.5 Å². The van der Waals surface area contributed by atoms with Gasteiger partial charge in [0.1, 0.15) is 5.82 Å². The zero-order valence-corrected chi connectivity index (χ0v) is 13.2. The summed E-state index contributed by atoms with van der Waals surface area (Å²) in [6, 6.07) is -0.0343. The van der Waals surface area contributed by atoms with Crippen LogP contribution in [0.2, 0.25) is 0 Å². The van der Waals surface area contributed by atoms with Crippen molar-refractivity contribution >= 4 is 23.1 Å². The summed E-state index contributed by atoms with van der Waals surface area (Å²) in [6.45, 7) is 3.73. The van der Waals surface area contributed by atoms with E-state index in [2.05, 4.69) is 14.9 Å². The lowest BCUT2D eigenvalue weighted by Crippen LogP contribution is -2.37. The maximum Gasteiger partial charge on any atom is 0.321 e. The number of fused-ring (bicyclic) bond motifs is 1. The zero-order valence-electron chi connectivity index (χ0n) is 12.4. The van der Waals surface area contributed by atoms with Gasteiger partial charge in [0.05, 0.1) is 5.69 Å². The first-order valence-corrected chi connectivity index (χ1v) is 8.12. The number of hydrogen-bond acceptors (Lipinski definition) is 3. The van der Waals surface area contributed by atoms with E-state index in [-0.39, 0.29) is 6.03 Å². The van der Waals surface area contributed by atoms with Crippen molar-refractivity contribution in [2.24, 2.45) is 5.92 Å². The lowest BCUT2D eigenvalue weighted by molar-refractivity contribution is 0.205. The highest BCUT2D eigenvalue weighted by molar-refractivity contribution is 7.08. The third-order valence-corrected chi connectivity index (χ3v) is 4.87. The van der Waals surface area contributed by atoms with Gasteiger partial charge in [-0.25, -0.2) is 9.78 Å². The van der Waals surface area contributed by atoms with Gasteiger partial charge in [0, 0.05) is 44.3 Å². The Kier molecular flexibility index (Phi) is 3.96. The Hall–Kier alpha value is -1.82. The summed E-state index contributed by atoms with van der Waals surface area (Å²) in [4.78, 5) is 18.3. The lowest BCUT2D eigenvalue weighted by Gasteiger charge is -2.28. The molecule has 1 atom stereocenters. The fourth-order valence-electron chi connectivity index (χ4n) is 2.76. The topological polar surface area (TPSA) is 50.2 Å². The molecule has 1 aliphatic heterocycles. The smallest absolute Gasteiger partial charge is 0.321 e. The molecule has 112 valence electrons. The van der Waals surface area contributed by atoms with E-state index in [9.17, 15) is 4.79 Å². The minimum Gasteiger partial charge on any atom is -0.335 e. The molecule has 1 aliphatic rings. The van der Waals surface area contributed by atoms with Crippen molar-refractivity contribution < 1.29 is 4.79 Å². The highest BCUT2D eigenvalue weighted by Gasteiger charge is 2.22. The van der Waals surface area contributed by atoms with Crippen LogP contribution in [0.1, 0.15) is 17.8 Å². The van der Waals surface area contributed by atoms with E-state index in [1.165, 1.54) is 0 Å². The number of imidazole rings is 1. The second kappa shape index (κ2) is 5.89. The Morgan fingerprint density at radius 2 is 2.43 bits per heavy atom. The van der Waals surface area contributed by atoms with Crippen molar-refractivity contribution in [2.75, 3.05) is 18.9 Å². The van der Waals surface area contributed by atoms with Crippen LogP contribution >= 0.6 is 11.3 Å². The van der Waals surface area contributed by atoms with Crippen molar-refractivity contribution in [3.63, 3.8) is 0 Å². The van der Waals surface area contributed by atoms with Crippen LogP contribution in [0.4, 0.5) is 10.5 Å². The van der Waals surface area contributed by atoms with Crippen molar-refractivity contribution in [2.45, 2.75) is 26.3 Å². The largest absolute Gasteiger partial charge is 0.335 e. The van der Waals surface area contributed by atoms with Gasteiger partial charge in [0.2, 0.25) is 0 Å². The Morgan fingerprint density at radius 1 is 1.57 bits per heavy atom. The summed E-state index contributed by atoms with van der Waals surface area (Å²) >= 11 is 1.61. The van der Waals surface area contributed by atoms with Crippen molar-refractivity contribution in [1.29, 1.82) is 0 Å². The molecule has 0 aliphatic carbocycles. The molecule has 0 radical (unpaired) electrons. The maximum absolute atomic E-state index is 12.2. The summed E-state index contributed by atoms with van der Waals surface area (Å²) in [5, 5.41) is 6.98. The van der Waals surface area contributed by atoms with E-state index >= 15 is 0 Å². The van der Waals surface area contributed by atoms with Gasteiger partial charge < -0.3 is 14.8 Å². The number of anilines is 1. The molecule has 3 heterocycles. The normalized spacial score (nSPS) is 17.3.